The first kappa shape index (κ1) is 17.8. The summed E-state index contributed by atoms with van der Waals surface area (Å²) in [5.74, 6) is -0.123. The number of carbonyl (C=O) groups excluding carboxylic acids is 1. The molecule has 1 saturated heterocycles. The number of H-pyrrole nitrogens is 1. The number of aromatic nitrogens is 1. The molecule has 5 nitrogen and oxygen atoms in total. The number of amides is 1. The first-order valence-corrected chi connectivity index (χ1v) is 7.80. The summed E-state index contributed by atoms with van der Waals surface area (Å²) in [7, 11) is 0. The summed E-state index contributed by atoms with van der Waals surface area (Å²) in [5, 5.41) is 4.05. The normalized spacial score (nSPS) is 21.8. The van der Waals surface area contributed by atoms with Crippen LogP contribution in [0.1, 0.15) is 25.3 Å². The van der Waals surface area contributed by atoms with Gasteiger partial charge in [0.1, 0.15) is 0 Å². The maximum absolute atomic E-state index is 12.2. The molecule has 2 atom stereocenters. The summed E-state index contributed by atoms with van der Waals surface area (Å²) >= 11 is 0. The minimum Gasteiger partial charge on any atom is -0.373 e. The Morgan fingerprint density at radius 2 is 2.26 bits per heavy atom. The van der Waals surface area contributed by atoms with Gasteiger partial charge in [0.2, 0.25) is 5.91 Å². The van der Waals surface area contributed by atoms with Crippen molar-refractivity contribution in [3.8, 4) is 0 Å². The number of hydrogen-bond donors (Lipinski definition) is 3. The summed E-state index contributed by atoms with van der Waals surface area (Å²) in [4.78, 5) is 15.4. The van der Waals surface area contributed by atoms with E-state index in [1.807, 2.05) is 37.4 Å². The Bertz CT molecular complexity index is 665. The third-order valence-corrected chi connectivity index (χ3v) is 4.39. The van der Waals surface area contributed by atoms with E-state index in [1.54, 1.807) is 0 Å². The number of aromatic amines is 1. The number of carbonyl (C=O) groups is 1. The second-order valence-corrected chi connectivity index (χ2v) is 6.29. The molecule has 1 aliphatic heterocycles. The fourth-order valence-electron chi connectivity index (χ4n) is 3.01. The molecule has 0 saturated carbocycles. The molecule has 2 aromatic rings. The molecule has 23 heavy (non-hydrogen) atoms. The standard InChI is InChI=1S/C17H23N3O2.ClH/c1-17(7-4-8-22-17)11-20-16(21)14(18)9-12-10-19-15-6-3-2-5-13(12)15;/h2-3,5-6,10,14,19H,4,7-9,11,18H2,1H3,(H,20,21);1H/t14-,17?;/m0./s1. The molecule has 0 spiro atoms. The van der Waals surface area contributed by atoms with Gasteiger partial charge in [-0.15, -0.1) is 12.4 Å². The van der Waals surface area contributed by atoms with Crippen molar-refractivity contribution in [1.29, 1.82) is 0 Å². The van der Waals surface area contributed by atoms with Crippen LogP contribution in [0.25, 0.3) is 10.9 Å². The molecule has 1 fully saturated rings. The first-order chi connectivity index (χ1) is 10.6. The van der Waals surface area contributed by atoms with Gasteiger partial charge in [0.25, 0.3) is 0 Å². The SMILES string of the molecule is CC1(CNC(=O)[C@@H](N)Cc2c[nH]c3ccccc23)CCCO1.Cl. The van der Waals surface area contributed by atoms with Crippen LogP contribution in [0.4, 0.5) is 0 Å². The quantitative estimate of drug-likeness (QED) is 0.782. The van der Waals surface area contributed by atoms with Gasteiger partial charge in [0.15, 0.2) is 0 Å². The molecule has 6 heteroatoms. The summed E-state index contributed by atoms with van der Waals surface area (Å²) in [6.45, 7) is 3.33. The summed E-state index contributed by atoms with van der Waals surface area (Å²) in [6, 6.07) is 7.48. The van der Waals surface area contributed by atoms with Crippen molar-refractivity contribution in [2.75, 3.05) is 13.2 Å². The number of para-hydroxylation sites is 1. The van der Waals surface area contributed by atoms with Gasteiger partial charge in [-0.2, -0.15) is 0 Å². The van der Waals surface area contributed by atoms with Crippen LogP contribution in [0.2, 0.25) is 0 Å². The van der Waals surface area contributed by atoms with Crippen LogP contribution in [0.5, 0.6) is 0 Å². The number of hydrogen-bond acceptors (Lipinski definition) is 3. The van der Waals surface area contributed by atoms with Crippen molar-refractivity contribution in [2.24, 2.45) is 5.73 Å². The van der Waals surface area contributed by atoms with Crippen molar-refractivity contribution in [1.82, 2.24) is 10.3 Å². The van der Waals surface area contributed by atoms with E-state index in [4.69, 9.17) is 10.5 Å². The van der Waals surface area contributed by atoms with Gasteiger partial charge >= 0.3 is 0 Å². The van der Waals surface area contributed by atoms with E-state index < -0.39 is 6.04 Å². The fourth-order valence-corrected chi connectivity index (χ4v) is 3.01. The molecule has 1 aliphatic rings. The highest BCUT2D eigenvalue weighted by Gasteiger charge is 2.30. The van der Waals surface area contributed by atoms with Crippen molar-refractivity contribution in [3.05, 3.63) is 36.0 Å². The molecule has 4 N–H and O–H groups in total. The van der Waals surface area contributed by atoms with E-state index in [1.165, 1.54) is 0 Å². The van der Waals surface area contributed by atoms with Crippen LogP contribution in [0, 0.1) is 0 Å². The van der Waals surface area contributed by atoms with Gasteiger partial charge in [-0.3, -0.25) is 4.79 Å². The van der Waals surface area contributed by atoms with Gasteiger partial charge < -0.3 is 20.8 Å². The average molecular weight is 338 g/mol. The van der Waals surface area contributed by atoms with E-state index in [0.29, 0.717) is 13.0 Å². The number of fused-ring (bicyclic) bond motifs is 1. The van der Waals surface area contributed by atoms with Crippen molar-refractivity contribution in [3.63, 3.8) is 0 Å². The molecule has 0 radical (unpaired) electrons. The first-order valence-electron chi connectivity index (χ1n) is 7.80. The van der Waals surface area contributed by atoms with Crippen LogP contribution in [0.3, 0.4) is 0 Å². The number of halogens is 1. The Labute approximate surface area is 142 Å². The van der Waals surface area contributed by atoms with E-state index in [-0.39, 0.29) is 23.9 Å². The lowest BCUT2D eigenvalue weighted by Gasteiger charge is -2.24. The highest BCUT2D eigenvalue weighted by Crippen LogP contribution is 2.24. The zero-order chi connectivity index (χ0) is 15.6. The second kappa shape index (κ2) is 7.34. The molecule has 1 unspecified atom stereocenters. The predicted octanol–water partition coefficient (Wildman–Crippen LogP) is 2.14. The number of nitrogens with two attached hydrogens (primary N) is 1. The van der Waals surface area contributed by atoms with Crippen LogP contribution >= 0.6 is 12.4 Å². The predicted molar refractivity (Wildman–Crippen MR) is 93.8 cm³/mol. The largest absolute Gasteiger partial charge is 0.373 e. The maximum Gasteiger partial charge on any atom is 0.237 e. The highest BCUT2D eigenvalue weighted by molar-refractivity contribution is 5.86. The maximum atomic E-state index is 12.2. The average Bonchev–Trinajstić information content (AvgIpc) is 3.13. The zero-order valence-electron chi connectivity index (χ0n) is 13.3. The monoisotopic (exact) mass is 337 g/mol. The molecule has 126 valence electrons. The van der Waals surface area contributed by atoms with E-state index in [9.17, 15) is 4.79 Å². The van der Waals surface area contributed by atoms with Crippen molar-refractivity contribution in [2.45, 2.75) is 37.8 Å². The van der Waals surface area contributed by atoms with Crippen LogP contribution in [-0.4, -0.2) is 35.7 Å². The Kier molecular flexibility index (Phi) is 5.68. The van der Waals surface area contributed by atoms with E-state index >= 15 is 0 Å². The molecule has 2 heterocycles. The van der Waals surface area contributed by atoms with Crippen molar-refractivity contribution < 1.29 is 9.53 Å². The van der Waals surface area contributed by atoms with Crippen molar-refractivity contribution >= 4 is 29.2 Å². The van der Waals surface area contributed by atoms with Crippen LogP contribution in [-0.2, 0) is 16.0 Å². The molecule has 1 aromatic heterocycles. The minimum atomic E-state index is -0.552. The Morgan fingerprint density at radius 3 is 3.00 bits per heavy atom. The third kappa shape index (κ3) is 4.05. The van der Waals surface area contributed by atoms with Gasteiger partial charge in [-0.05, 0) is 37.8 Å². The van der Waals surface area contributed by atoms with Crippen LogP contribution < -0.4 is 11.1 Å². The smallest absolute Gasteiger partial charge is 0.237 e. The lowest BCUT2D eigenvalue weighted by atomic mass is 10.0. The lowest BCUT2D eigenvalue weighted by molar-refractivity contribution is -0.123. The van der Waals surface area contributed by atoms with Gasteiger partial charge in [0, 0.05) is 30.3 Å². The van der Waals surface area contributed by atoms with E-state index in [0.717, 1.165) is 35.9 Å². The number of rotatable bonds is 5. The highest BCUT2D eigenvalue weighted by atomic mass is 35.5. The molecule has 0 bridgehead atoms. The zero-order valence-corrected chi connectivity index (χ0v) is 14.1. The molecule has 1 amide bonds. The lowest BCUT2D eigenvalue weighted by Crippen LogP contribution is -2.47. The van der Waals surface area contributed by atoms with Gasteiger partial charge in [0.05, 0.1) is 11.6 Å². The number of benzene rings is 1. The molecule has 3 rings (SSSR count). The molecular formula is C17H24ClN3O2. The summed E-state index contributed by atoms with van der Waals surface area (Å²) in [6.07, 6.45) is 4.48. The van der Waals surface area contributed by atoms with Gasteiger partial charge in [-0.25, -0.2) is 0 Å². The third-order valence-electron chi connectivity index (χ3n) is 4.39. The fraction of sp³-hybridized carbons (Fsp3) is 0.471. The Balaban J connectivity index is 0.00000192. The molecule has 1 aromatic carbocycles. The molecule has 0 aliphatic carbocycles. The topological polar surface area (TPSA) is 80.1 Å². The van der Waals surface area contributed by atoms with E-state index in [2.05, 4.69) is 10.3 Å². The minimum absolute atomic E-state index is 0. The van der Waals surface area contributed by atoms with Gasteiger partial charge in [-0.1, -0.05) is 18.2 Å². The number of ether oxygens (including phenoxy) is 1. The summed E-state index contributed by atoms with van der Waals surface area (Å²) in [5.41, 5.74) is 7.96. The summed E-state index contributed by atoms with van der Waals surface area (Å²) < 4.78 is 5.67. The van der Waals surface area contributed by atoms with Crippen LogP contribution in [0.15, 0.2) is 30.5 Å². The second-order valence-electron chi connectivity index (χ2n) is 6.29. The Hall–Kier alpha value is -1.56. The Morgan fingerprint density at radius 1 is 1.48 bits per heavy atom. The number of nitrogens with one attached hydrogen (secondary N) is 2. The molecular weight excluding hydrogens is 314 g/mol.